The smallest absolute Gasteiger partial charge is 0.338 e. The van der Waals surface area contributed by atoms with Crippen LogP contribution in [0.1, 0.15) is 23.2 Å². The molecule has 2 N–H and O–H groups in total. The molecule has 0 unspecified atom stereocenters. The van der Waals surface area contributed by atoms with Gasteiger partial charge >= 0.3 is 5.97 Å². The highest BCUT2D eigenvalue weighted by Crippen LogP contribution is 2.37. The fourth-order valence-corrected chi connectivity index (χ4v) is 4.29. The van der Waals surface area contributed by atoms with E-state index in [2.05, 4.69) is 15.5 Å². The lowest BCUT2D eigenvalue weighted by atomic mass is 10.1. The summed E-state index contributed by atoms with van der Waals surface area (Å²) in [7, 11) is 0. The van der Waals surface area contributed by atoms with E-state index in [9.17, 15) is 14.4 Å². The van der Waals surface area contributed by atoms with Crippen molar-refractivity contribution in [1.82, 2.24) is 0 Å². The van der Waals surface area contributed by atoms with Gasteiger partial charge in [0, 0.05) is 17.6 Å². The highest BCUT2D eigenvalue weighted by atomic mass is 16.5. The number of benzene rings is 3. The van der Waals surface area contributed by atoms with Crippen molar-refractivity contribution in [2.75, 3.05) is 28.7 Å². The summed E-state index contributed by atoms with van der Waals surface area (Å²) in [6, 6.07) is 18.3. The summed E-state index contributed by atoms with van der Waals surface area (Å²) < 4.78 is 5.20. The van der Waals surface area contributed by atoms with Gasteiger partial charge in [-0.25, -0.2) is 4.79 Å². The number of rotatable bonds is 4. The second-order valence-electron chi connectivity index (χ2n) is 7.72. The lowest BCUT2D eigenvalue weighted by Gasteiger charge is -2.33. The maximum atomic E-state index is 12.5. The quantitative estimate of drug-likeness (QED) is 0.637. The van der Waals surface area contributed by atoms with E-state index in [1.807, 2.05) is 42.5 Å². The van der Waals surface area contributed by atoms with Crippen molar-refractivity contribution in [3.8, 4) is 0 Å². The van der Waals surface area contributed by atoms with Crippen molar-refractivity contribution in [3.63, 3.8) is 0 Å². The van der Waals surface area contributed by atoms with Crippen molar-refractivity contribution in [1.29, 1.82) is 0 Å². The molecular formula is C24H21N3O4. The number of carbonyl (C=O) groups excluding carboxylic acids is 3. The lowest BCUT2D eigenvalue weighted by molar-refractivity contribution is -0.119. The Hall–Kier alpha value is -3.87. The Balaban J connectivity index is 1.25. The first-order chi connectivity index (χ1) is 15.1. The number of hydrogen-bond acceptors (Lipinski definition) is 5. The summed E-state index contributed by atoms with van der Waals surface area (Å²) in [5, 5.41) is 7.59. The van der Waals surface area contributed by atoms with Crippen molar-refractivity contribution in [2.24, 2.45) is 0 Å². The van der Waals surface area contributed by atoms with E-state index in [0.717, 1.165) is 35.8 Å². The Morgan fingerprint density at radius 2 is 1.94 bits per heavy atom. The highest BCUT2D eigenvalue weighted by molar-refractivity contribution is 6.06. The molecule has 5 rings (SSSR count). The number of anilines is 3. The summed E-state index contributed by atoms with van der Waals surface area (Å²) in [4.78, 5) is 39.2. The van der Waals surface area contributed by atoms with E-state index in [-0.39, 0.29) is 17.5 Å². The lowest BCUT2D eigenvalue weighted by Crippen LogP contribution is -2.43. The van der Waals surface area contributed by atoms with Crippen LogP contribution in [0.25, 0.3) is 10.8 Å². The third kappa shape index (κ3) is 3.59. The normalized spacial score (nSPS) is 17.0. The van der Waals surface area contributed by atoms with Gasteiger partial charge in [-0.3, -0.25) is 9.59 Å². The summed E-state index contributed by atoms with van der Waals surface area (Å²) in [5.41, 5.74) is 2.45. The van der Waals surface area contributed by atoms with Gasteiger partial charge in [0.1, 0.15) is 6.04 Å². The maximum absolute atomic E-state index is 12.5. The van der Waals surface area contributed by atoms with Gasteiger partial charge in [-0.15, -0.1) is 0 Å². The standard InChI is InChI=1S/C24H21N3O4/c28-22(25-18-8-3-6-15-5-1-2-7-17(15)18)14-31-24(30)16-10-11-20-19(13-16)26-23(29)21-9-4-12-27(20)21/h1-3,5-8,10-11,13,21H,4,9,12,14H2,(H,25,28)(H,26,29)/t21-/m1/s1. The van der Waals surface area contributed by atoms with Crippen LogP contribution in [0.2, 0.25) is 0 Å². The van der Waals surface area contributed by atoms with Gasteiger partial charge < -0.3 is 20.3 Å². The van der Waals surface area contributed by atoms with E-state index >= 15 is 0 Å². The molecule has 0 aliphatic carbocycles. The largest absolute Gasteiger partial charge is 0.452 e. The molecule has 31 heavy (non-hydrogen) atoms. The Kier molecular flexibility index (Phi) is 4.78. The number of nitrogens with one attached hydrogen (secondary N) is 2. The Bertz CT molecular complexity index is 1200. The molecule has 2 aliphatic heterocycles. The molecule has 0 bridgehead atoms. The molecule has 156 valence electrons. The zero-order chi connectivity index (χ0) is 21.4. The van der Waals surface area contributed by atoms with E-state index in [1.54, 1.807) is 18.2 Å². The molecule has 3 aromatic rings. The highest BCUT2D eigenvalue weighted by Gasteiger charge is 2.36. The first-order valence-corrected chi connectivity index (χ1v) is 10.3. The number of fused-ring (bicyclic) bond motifs is 4. The minimum atomic E-state index is -0.617. The van der Waals surface area contributed by atoms with E-state index in [4.69, 9.17) is 4.74 Å². The molecule has 0 aromatic heterocycles. The molecule has 7 nitrogen and oxygen atoms in total. The second kappa shape index (κ2) is 7.75. The molecule has 1 fully saturated rings. The third-order valence-electron chi connectivity index (χ3n) is 5.75. The Morgan fingerprint density at radius 1 is 1.10 bits per heavy atom. The van der Waals surface area contributed by atoms with Crippen LogP contribution in [0.15, 0.2) is 60.7 Å². The molecule has 2 amide bonds. The van der Waals surface area contributed by atoms with Crippen LogP contribution in [-0.2, 0) is 14.3 Å². The van der Waals surface area contributed by atoms with Crippen LogP contribution in [-0.4, -0.2) is 37.0 Å². The molecule has 0 saturated carbocycles. The number of esters is 1. The van der Waals surface area contributed by atoms with Gasteiger partial charge in [-0.05, 0) is 42.5 Å². The number of ether oxygens (including phenoxy) is 1. The summed E-state index contributed by atoms with van der Waals surface area (Å²) in [6.45, 7) is 0.420. The summed E-state index contributed by atoms with van der Waals surface area (Å²) in [6.07, 6.45) is 1.80. The number of hydrogen-bond donors (Lipinski definition) is 2. The number of carbonyl (C=O) groups is 3. The van der Waals surface area contributed by atoms with Crippen LogP contribution in [0.3, 0.4) is 0 Å². The van der Waals surface area contributed by atoms with E-state index in [0.29, 0.717) is 11.4 Å². The number of nitrogens with zero attached hydrogens (tertiary/aromatic N) is 1. The number of amides is 2. The van der Waals surface area contributed by atoms with Gasteiger partial charge in [-0.2, -0.15) is 0 Å². The first kappa shape index (κ1) is 19.1. The van der Waals surface area contributed by atoms with Crippen LogP contribution < -0.4 is 15.5 Å². The second-order valence-corrected chi connectivity index (χ2v) is 7.72. The van der Waals surface area contributed by atoms with E-state index < -0.39 is 18.5 Å². The van der Waals surface area contributed by atoms with Crippen molar-refractivity contribution in [3.05, 3.63) is 66.2 Å². The topological polar surface area (TPSA) is 87.7 Å². The fraction of sp³-hybridized carbons (Fsp3) is 0.208. The van der Waals surface area contributed by atoms with E-state index in [1.165, 1.54) is 0 Å². The predicted octanol–water partition coefficient (Wildman–Crippen LogP) is 3.56. The van der Waals surface area contributed by atoms with Gasteiger partial charge in [0.15, 0.2) is 6.61 Å². The van der Waals surface area contributed by atoms with Crippen molar-refractivity contribution < 1.29 is 19.1 Å². The van der Waals surface area contributed by atoms with Gasteiger partial charge in [-0.1, -0.05) is 36.4 Å². The van der Waals surface area contributed by atoms with Crippen LogP contribution in [0.5, 0.6) is 0 Å². The molecule has 2 heterocycles. The molecule has 1 saturated heterocycles. The fourth-order valence-electron chi connectivity index (χ4n) is 4.29. The van der Waals surface area contributed by atoms with Gasteiger partial charge in [0.2, 0.25) is 5.91 Å². The van der Waals surface area contributed by atoms with Crippen molar-refractivity contribution in [2.45, 2.75) is 18.9 Å². The zero-order valence-electron chi connectivity index (χ0n) is 16.8. The molecule has 3 aromatic carbocycles. The van der Waals surface area contributed by atoms with Crippen LogP contribution >= 0.6 is 0 Å². The average Bonchev–Trinajstić information content (AvgIpc) is 3.28. The molecule has 0 radical (unpaired) electrons. The minimum absolute atomic E-state index is 0.0509. The molecule has 0 spiro atoms. The van der Waals surface area contributed by atoms with Crippen molar-refractivity contribution >= 4 is 45.6 Å². The molecule has 1 atom stereocenters. The molecule has 2 aliphatic rings. The minimum Gasteiger partial charge on any atom is -0.452 e. The van der Waals surface area contributed by atoms with Crippen LogP contribution in [0, 0.1) is 0 Å². The van der Waals surface area contributed by atoms with Crippen LogP contribution in [0.4, 0.5) is 17.1 Å². The third-order valence-corrected chi connectivity index (χ3v) is 5.75. The van der Waals surface area contributed by atoms with Gasteiger partial charge in [0.25, 0.3) is 5.91 Å². The monoisotopic (exact) mass is 415 g/mol. The Labute approximate surface area is 179 Å². The average molecular weight is 415 g/mol. The first-order valence-electron chi connectivity index (χ1n) is 10.3. The summed E-state index contributed by atoms with van der Waals surface area (Å²) in [5.74, 6) is -1.09. The predicted molar refractivity (Wildman–Crippen MR) is 118 cm³/mol. The summed E-state index contributed by atoms with van der Waals surface area (Å²) >= 11 is 0. The Morgan fingerprint density at radius 3 is 2.84 bits per heavy atom. The maximum Gasteiger partial charge on any atom is 0.338 e. The zero-order valence-corrected chi connectivity index (χ0v) is 16.8. The van der Waals surface area contributed by atoms with Gasteiger partial charge in [0.05, 0.1) is 16.9 Å². The molecular weight excluding hydrogens is 394 g/mol. The SMILES string of the molecule is O=C(COC(=O)c1ccc2c(c1)NC(=O)[C@H]1CCCN21)Nc1cccc2ccccc12. The molecule has 7 heteroatoms.